The van der Waals surface area contributed by atoms with Gasteiger partial charge in [-0.05, 0) is 0 Å². The second kappa shape index (κ2) is 4.63. The number of rotatable bonds is 3. The number of nitrogen functional groups attached to an aromatic ring is 1. The molecule has 112 valence electrons. The van der Waals surface area contributed by atoms with Crippen molar-refractivity contribution in [1.82, 2.24) is 19.9 Å². The lowest BCUT2D eigenvalue weighted by Gasteiger charge is -2.16. The molecule has 2 aromatic heterocycles. The third-order valence-electron chi connectivity index (χ3n) is 3.21. The molecular weight excluding hydrogens is 298 g/mol. The molecule has 1 unspecified atom stereocenters. The Morgan fingerprint density at radius 2 is 2.19 bits per heavy atom. The van der Waals surface area contributed by atoms with Gasteiger partial charge in [-0.1, -0.05) is 0 Å². The number of hydrogen-bond donors (Lipinski definition) is 3. The molecule has 3 rings (SSSR count). The lowest BCUT2D eigenvalue weighted by Crippen LogP contribution is -2.28. The second-order valence-electron chi connectivity index (χ2n) is 4.91. The predicted molar refractivity (Wildman–Crippen MR) is 74.5 cm³/mol. The smallest absolute Gasteiger partial charge is 0.228 e. The van der Waals surface area contributed by atoms with Crippen LogP contribution < -0.4 is 15.8 Å². The summed E-state index contributed by atoms with van der Waals surface area (Å²) in [5, 5.41) is 5.02. The standard InChI is InChI=1S/C10H13N7O3S/c11-10-15-8-7(13-4-14-8)9(16-10)17-2-5(1-6(17)18)3-21(12,19)20/h4-5H,1-3H2,(H2,12,19,20)(H3,11,13,14,15,16). The maximum atomic E-state index is 12.1. The van der Waals surface area contributed by atoms with Gasteiger partial charge in [0.2, 0.25) is 21.9 Å². The quantitative estimate of drug-likeness (QED) is 0.626. The van der Waals surface area contributed by atoms with E-state index < -0.39 is 10.0 Å². The molecule has 1 atom stereocenters. The van der Waals surface area contributed by atoms with Gasteiger partial charge in [-0.2, -0.15) is 9.97 Å². The summed E-state index contributed by atoms with van der Waals surface area (Å²) in [7, 11) is -3.63. The van der Waals surface area contributed by atoms with Gasteiger partial charge in [-0.3, -0.25) is 9.69 Å². The molecule has 0 saturated carbocycles. The molecule has 1 aliphatic heterocycles. The molecule has 0 radical (unpaired) electrons. The number of nitrogens with two attached hydrogens (primary N) is 2. The van der Waals surface area contributed by atoms with E-state index in [2.05, 4.69) is 19.9 Å². The zero-order valence-corrected chi connectivity index (χ0v) is 11.7. The topological polar surface area (TPSA) is 161 Å². The molecule has 1 fully saturated rings. The van der Waals surface area contributed by atoms with E-state index >= 15 is 0 Å². The summed E-state index contributed by atoms with van der Waals surface area (Å²) < 4.78 is 22.3. The van der Waals surface area contributed by atoms with Crippen molar-refractivity contribution in [1.29, 1.82) is 0 Å². The third kappa shape index (κ3) is 2.64. The van der Waals surface area contributed by atoms with Crippen LogP contribution in [0.2, 0.25) is 0 Å². The Kier molecular flexibility index (Phi) is 3.02. The highest BCUT2D eigenvalue weighted by Crippen LogP contribution is 2.28. The fourth-order valence-electron chi connectivity index (χ4n) is 2.46. The number of carbonyl (C=O) groups is 1. The Bertz CT molecular complexity index is 815. The lowest BCUT2D eigenvalue weighted by molar-refractivity contribution is -0.117. The van der Waals surface area contributed by atoms with Crippen molar-refractivity contribution in [2.45, 2.75) is 6.42 Å². The summed E-state index contributed by atoms with van der Waals surface area (Å²) in [5.41, 5.74) is 6.43. The second-order valence-corrected chi connectivity index (χ2v) is 6.57. The third-order valence-corrected chi connectivity index (χ3v) is 4.15. The minimum absolute atomic E-state index is 0.00713. The molecule has 3 heterocycles. The summed E-state index contributed by atoms with van der Waals surface area (Å²) in [5.74, 6) is -0.564. The van der Waals surface area contributed by atoms with Gasteiger partial charge < -0.3 is 10.7 Å². The fourth-order valence-corrected chi connectivity index (χ4v) is 3.34. The fraction of sp³-hybridized carbons (Fsp3) is 0.400. The van der Waals surface area contributed by atoms with Gasteiger partial charge in [-0.25, -0.2) is 18.5 Å². The van der Waals surface area contributed by atoms with E-state index in [-0.39, 0.29) is 36.5 Å². The molecule has 0 bridgehead atoms. The van der Waals surface area contributed by atoms with Gasteiger partial charge in [0.1, 0.15) is 5.52 Å². The summed E-state index contributed by atoms with van der Waals surface area (Å²) in [6.45, 7) is 0.208. The molecule has 21 heavy (non-hydrogen) atoms. The normalized spacial score (nSPS) is 19.6. The van der Waals surface area contributed by atoms with E-state index in [1.807, 2.05) is 0 Å². The molecule has 0 aliphatic carbocycles. The first-order chi connectivity index (χ1) is 9.83. The van der Waals surface area contributed by atoms with Crippen LogP contribution in [0.1, 0.15) is 6.42 Å². The average molecular weight is 311 g/mol. The van der Waals surface area contributed by atoms with Crippen LogP contribution in [-0.2, 0) is 14.8 Å². The van der Waals surface area contributed by atoms with E-state index in [4.69, 9.17) is 10.9 Å². The monoisotopic (exact) mass is 311 g/mol. The Morgan fingerprint density at radius 1 is 1.43 bits per heavy atom. The number of primary sulfonamides is 1. The van der Waals surface area contributed by atoms with Crippen LogP contribution in [0.4, 0.5) is 11.8 Å². The van der Waals surface area contributed by atoms with Crippen LogP contribution in [0, 0.1) is 5.92 Å². The molecule has 1 saturated heterocycles. The van der Waals surface area contributed by atoms with Crippen LogP contribution >= 0.6 is 0 Å². The number of sulfonamides is 1. The summed E-state index contributed by atoms with van der Waals surface area (Å²) in [4.78, 5) is 28.3. The van der Waals surface area contributed by atoms with Gasteiger partial charge in [0.25, 0.3) is 0 Å². The molecule has 0 spiro atoms. The predicted octanol–water partition coefficient (Wildman–Crippen LogP) is -1.42. The van der Waals surface area contributed by atoms with E-state index in [0.717, 1.165) is 0 Å². The van der Waals surface area contributed by atoms with Crippen LogP contribution in [-0.4, -0.2) is 46.6 Å². The molecule has 5 N–H and O–H groups in total. The Hall–Kier alpha value is -2.27. The molecule has 0 aromatic carbocycles. The number of anilines is 2. The van der Waals surface area contributed by atoms with Crippen molar-refractivity contribution in [2.75, 3.05) is 22.9 Å². The zero-order chi connectivity index (χ0) is 15.2. The van der Waals surface area contributed by atoms with Gasteiger partial charge in [-0.15, -0.1) is 0 Å². The van der Waals surface area contributed by atoms with Crippen LogP contribution in [0.5, 0.6) is 0 Å². The molecule has 2 aromatic rings. The highest BCUT2D eigenvalue weighted by molar-refractivity contribution is 7.89. The molecular formula is C10H13N7O3S. The first kappa shape index (κ1) is 13.7. The maximum Gasteiger partial charge on any atom is 0.228 e. The number of hydrogen-bond acceptors (Lipinski definition) is 7. The minimum atomic E-state index is -3.63. The van der Waals surface area contributed by atoms with Gasteiger partial charge in [0, 0.05) is 18.9 Å². The number of imidazole rings is 1. The number of H-pyrrole nitrogens is 1. The number of nitrogens with zero attached hydrogens (tertiary/aromatic N) is 4. The molecule has 1 aliphatic rings. The Labute approximate surface area is 119 Å². The number of aromatic amines is 1. The molecule has 10 nitrogen and oxygen atoms in total. The number of aromatic nitrogens is 4. The van der Waals surface area contributed by atoms with Gasteiger partial charge in [0.15, 0.2) is 11.5 Å². The van der Waals surface area contributed by atoms with Gasteiger partial charge in [0.05, 0.1) is 12.1 Å². The van der Waals surface area contributed by atoms with E-state index in [1.165, 1.54) is 11.2 Å². The molecule has 1 amide bonds. The van der Waals surface area contributed by atoms with Crippen LogP contribution in [0.25, 0.3) is 11.2 Å². The van der Waals surface area contributed by atoms with Crippen molar-refractivity contribution in [2.24, 2.45) is 11.1 Å². The van der Waals surface area contributed by atoms with E-state index in [9.17, 15) is 13.2 Å². The number of carbonyl (C=O) groups excluding carboxylic acids is 1. The largest absolute Gasteiger partial charge is 0.368 e. The first-order valence-electron chi connectivity index (χ1n) is 6.11. The summed E-state index contributed by atoms with van der Waals surface area (Å²) in [6.07, 6.45) is 1.51. The maximum absolute atomic E-state index is 12.1. The van der Waals surface area contributed by atoms with E-state index in [0.29, 0.717) is 17.0 Å². The van der Waals surface area contributed by atoms with Crippen molar-refractivity contribution < 1.29 is 13.2 Å². The number of fused-ring (bicyclic) bond motifs is 1. The van der Waals surface area contributed by atoms with Crippen molar-refractivity contribution in [3.63, 3.8) is 0 Å². The van der Waals surface area contributed by atoms with Crippen LogP contribution in [0.3, 0.4) is 0 Å². The SMILES string of the molecule is Nc1nc(N2CC(CS(N)(=O)=O)CC2=O)c2[nH]cnc2n1. The summed E-state index contributed by atoms with van der Waals surface area (Å²) in [6, 6.07) is 0. The Balaban J connectivity index is 1.96. The van der Waals surface area contributed by atoms with Crippen LogP contribution in [0.15, 0.2) is 6.33 Å². The number of nitrogens with one attached hydrogen (secondary N) is 1. The van der Waals surface area contributed by atoms with Gasteiger partial charge >= 0.3 is 0 Å². The van der Waals surface area contributed by atoms with E-state index in [1.54, 1.807) is 0 Å². The highest BCUT2D eigenvalue weighted by Gasteiger charge is 2.35. The summed E-state index contributed by atoms with van der Waals surface area (Å²) >= 11 is 0. The Morgan fingerprint density at radius 3 is 2.90 bits per heavy atom. The highest BCUT2D eigenvalue weighted by atomic mass is 32.2. The van der Waals surface area contributed by atoms with Crippen molar-refractivity contribution >= 4 is 38.9 Å². The molecule has 11 heteroatoms. The number of amides is 1. The zero-order valence-electron chi connectivity index (χ0n) is 10.9. The first-order valence-corrected chi connectivity index (χ1v) is 7.82. The lowest BCUT2D eigenvalue weighted by atomic mass is 10.1. The van der Waals surface area contributed by atoms with Crippen molar-refractivity contribution in [3.05, 3.63) is 6.33 Å². The average Bonchev–Trinajstić information content (AvgIpc) is 2.92. The van der Waals surface area contributed by atoms with Crippen molar-refractivity contribution in [3.8, 4) is 0 Å². The minimum Gasteiger partial charge on any atom is -0.368 e.